The minimum Gasteiger partial charge on any atom is -0.495 e. The molecule has 196 valence electrons. The maximum absolute atomic E-state index is 13.5. The molecular weight excluding hydrogens is 538 g/mol. The molecule has 37 heavy (non-hydrogen) atoms. The van der Waals surface area contributed by atoms with Crippen LogP contribution in [-0.4, -0.2) is 53.8 Å². The van der Waals surface area contributed by atoms with Crippen LogP contribution in [0.15, 0.2) is 82.6 Å². The van der Waals surface area contributed by atoms with Crippen molar-refractivity contribution in [2.45, 2.75) is 22.6 Å². The summed E-state index contributed by atoms with van der Waals surface area (Å²) in [4.78, 5) is 13.2. The fraction of sp³-hybridized carbons (Fsp3) is 0.240. The summed E-state index contributed by atoms with van der Waals surface area (Å²) in [6, 6.07) is 18.1. The standard InChI is InChI=1S/C25H26ClN3O6S2/c1-35-24-13-12-22(36(31,32)28-14-5-6-15-28)17-23(24)27-25(30)18-29(20-9-7-8-19(26)16-20)37(33,34)21-10-3-2-4-11-21/h2-4,7-13,16-17H,5-6,14-15,18H2,1H3,(H,27,30). The van der Waals surface area contributed by atoms with Crippen LogP contribution >= 0.6 is 11.6 Å². The summed E-state index contributed by atoms with van der Waals surface area (Å²) in [5.41, 5.74) is 0.305. The molecule has 4 rings (SSSR count). The fourth-order valence-electron chi connectivity index (χ4n) is 4.01. The maximum Gasteiger partial charge on any atom is 0.264 e. The van der Waals surface area contributed by atoms with Gasteiger partial charge in [0, 0.05) is 18.1 Å². The van der Waals surface area contributed by atoms with E-state index in [1.54, 1.807) is 30.3 Å². The molecule has 1 N–H and O–H groups in total. The molecule has 0 aromatic heterocycles. The summed E-state index contributed by atoms with van der Waals surface area (Å²) in [6.07, 6.45) is 1.57. The number of sulfonamides is 2. The van der Waals surface area contributed by atoms with Gasteiger partial charge in [0.05, 0.1) is 28.3 Å². The molecule has 1 aliphatic rings. The lowest BCUT2D eigenvalue weighted by molar-refractivity contribution is -0.114. The van der Waals surface area contributed by atoms with Gasteiger partial charge in [-0.05, 0) is 61.4 Å². The molecule has 0 saturated carbocycles. The molecule has 0 bridgehead atoms. The van der Waals surface area contributed by atoms with Gasteiger partial charge >= 0.3 is 0 Å². The van der Waals surface area contributed by atoms with Crippen LogP contribution < -0.4 is 14.4 Å². The van der Waals surface area contributed by atoms with Crippen LogP contribution in [0.3, 0.4) is 0 Å². The number of carbonyl (C=O) groups is 1. The Kier molecular flexibility index (Phi) is 8.08. The second-order valence-electron chi connectivity index (χ2n) is 8.33. The van der Waals surface area contributed by atoms with Crippen molar-refractivity contribution in [3.63, 3.8) is 0 Å². The van der Waals surface area contributed by atoms with Crippen molar-refractivity contribution in [2.75, 3.05) is 36.4 Å². The van der Waals surface area contributed by atoms with Crippen LogP contribution in [0.25, 0.3) is 0 Å². The highest BCUT2D eigenvalue weighted by atomic mass is 35.5. The van der Waals surface area contributed by atoms with E-state index in [0.29, 0.717) is 18.1 Å². The quantitative estimate of drug-likeness (QED) is 0.421. The molecule has 3 aromatic rings. The molecule has 1 heterocycles. The van der Waals surface area contributed by atoms with Gasteiger partial charge in [0.25, 0.3) is 10.0 Å². The average Bonchev–Trinajstić information content (AvgIpc) is 3.44. The van der Waals surface area contributed by atoms with Crippen LogP contribution in [0, 0.1) is 0 Å². The van der Waals surface area contributed by atoms with E-state index in [-0.39, 0.29) is 26.9 Å². The van der Waals surface area contributed by atoms with Crippen molar-refractivity contribution in [3.05, 3.63) is 77.8 Å². The lowest BCUT2D eigenvalue weighted by Gasteiger charge is -2.24. The number of carbonyl (C=O) groups excluding carboxylic acids is 1. The zero-order chi connectivity index (χ0) is 26.6. The summed E-state index contributed by atoms with van der Waals surface area (Å²) in [5.74, 6) is -0.470. The third-order valence-electron chi connectivity index (χ3n) is 5.86. The molecule has 0 atom stereocenters. The van der Waals surface area contributed by atoms with E-state index in [4.69, 9.17) is 16.3 Å². The minimum absolute atomic E-state index is 0.000870. The Labute approximate surface area is 221 Å². The van der Waals surface area contributed by atoms with E-state index < -0.39 is 32.5 Å². The zero-order valence-corrected chi connectivity index (χ0v) is 22.4. The number of hydrogen-bond acceptors (Lipinski definition) is 6. The van der Waals surface area contributed by atoms with Crippen molar-refractivity contribution >= 4 is 48.9 Å². The van der Waals surface area contributed by atoms with Gasteiger partial charge in [-0.2, -0.15) is 4.31 Å². The first-order valence-electron chi connectivity index (χ1n) is 11.4. The van der Waals surface area contributed by atoms with Crippen LogP contribution in [0.4, 0.5) is 11.4 Å². The monoisotopic (exact) mass is 563 g/mol. The molecular formula is C25H26ClN3O6S2. The van der Waals surface area contributed by atoms with Gasteiger partial charge in [-0.3, -0.25) is 9.10 Å². The molecule has 1 fully saturated rings. The number of rotatable bonds is 9. The molecule has 1 amide bonds. The predicted molar refractivity (Wildman–Crippen MR) is 142 cm³/mol. The highest BCUT2D eigenvalue weighted by Gasteiger charge is 2.30. The molecule has 0 spiro atoms. The Morgan fingerprint density at radius 1 is 0.946 bits per heavy atom. The van der Waals surface area contributed by atoms with Crippen molar-refractivity contribution in [2.24, 2.45) is 0 Å². The molecule has 9 nitrogen and oxygen atoms in total. The Bertz CT molecular complexity index is 1490. The number of methoxy groups -OCH3 is 1. The third kappa shape index (κ3) is 5.90. The summed E-state index contributed by atoms with van der Waals surface area (Å²) in [6.45, 7) is 0.272. The van der Waals surface area contributed by atoms with Crippen molar-refractivity contribution in [3.8, 4) is 5.75 Å². The Hall–Kier alpha value is -3.12. The number of ether oxygens (including phenoxy) is 1. The molecule has 0 aliphatic carbocycles. The summed E-state index contributed by atoms with van der Waals surface area (Å²) in [7, 11) is -6.50. The number of anilines is 2. The molecule has 12 heteroatoms. The number of amides is 1. The molecule has 1 saturated heterocycles. The smallest absolute Gasteiger partial charge is 0.264 e. The lowest BCUT2D eigenvalue weighted by Crippen LogP contribution is -2.38. The van der Waals surface area contributed by atoms with E-state index in [9.17, 15) is 21.6 Å². The second kappa shape index (κ2) is 11.1. The van der Waals surface area contributed by atoms with E-state index in [1.807, 2.05) is 0 Å². The van der Waals surface area contributed by atoms with Crippen LogP contribution in [-0.2, 0) is 24.8 Å². The van der Waals surface area contributed by atoms with E-state index in [2.05, 4.69) is 5.32 Å². The van der Waals surface area contributed by atoms with Gasteiger partial charge in [-0.15, -0.1) is 0 Å². The highest BCUT2D eigenvalue weighted by molar-refractivity contribution is 7.92. The van der Waals surface area contributed by atoms with Gasteiger partial charge in [-0.1, -0.05) is 35.9 Å². The highest BCUT2D eigenvalue weighted by Crippen LogP contribution is 2.31. The van der Waals surface area contributed by atoms with E-state index in [0.717, 1.165) is 17.1 Å². The number of nitrogens with zero attached hydrogens (tertiary/aromatic N) is 2. The van der Waals surface area contributed by atoms with Crippen LogP contribution in [0.2, 0.25) is 5.02 Å². The lowest BCUT2D eigenvalue weighted by atomic mass is 10.3. The van der Waals surface area contributed by atoms with Gasteiger partial charge in [-0.25, -0.2) is 16.8 Å². The molecule has 3 aromatic carbocycles. The van der Waals surface area contributed by atoms with E-state index in [1.165, 1.54) is 53.9 Å². The topological polar surface area (TPSA) is 113 Å². The number of halogens is 1. The summed E-state index contributed by atoms with van der Waals surface area (Å²) < 4.78 is 60.7. The number of benzene rings is 3. The Morgan fingerprint density at radius 3 is 2.30 bits per heavy atom. The largest absolute Gasteiger partial charge is 0.495 e. The van der Waals surface area contributed by atoms with Gasteiger partial charge in [0.2, 0.25) is 15.9 Å². The first-order valence-corrected chi connectivity index (χ1v) is 14.7. The predicted octanol–water partition coefficient (Wildman–Crippen LogP) is 3.97. The van der Waals surface area contributed by atoms with Gasteiger partial charge < -0.3 is 10.1 Å². The minimum atomic E-state index is -4.14. The Morgan fingerprint density at radius 2 is 1.65 bits per heavy atom. The first-order chi connectivity index (χ1) is 17.6. The average molecular weight is 564 g/mol. The summed E-state index contributed by atoms with van der Waals surface area (Å²) >= 11 is 6.11. The number of hydrogen-bond donors (Lipinski definition) is 1. The first kappa shape index (κ1) is 26.9. The SMILES string of the molecule is COc1ccc(S(=O)(=O)N2CCCC2)cc1NC(=O)CN(c1cccc(Cl)c1)S(=O)(=O)c1ccccc1. The molecule has 0 unspecified atom stereocenters. The third-order valence-corrected chi connectivity index (χ3v) is 9.78. The van der Waals surface area contributed by atoms with Gasteiger partial charge in [0.1, 0.15) is 12.3 Å². The van der Waals surface area contributed by atoms with Crippen molar-refractivity contribution in [1.82, 2.24) is 4.31 Å². The Balaban J connectivity index is 1.66. The maximum atomic E-state index is 13.5. The van der Waals surface area contributed by atoms with Crippen LogP contribution in [0.5, 0.6) is 5.75 Å². The molecule has 0 radical (unpaired) electrons. The van der Waals surface area contributed by atoms with E-state index >= 15 is 0 Å². The fourth-order valence-corrected chi connectivity index (χ4v) is 7.17. The zero-order valence-electron chi connectivity index (χ0n) is 20.0. The second-order valence-corrected chi connectivity index (χ2v) is 12.6. The number of nitrogens with one attached hydrogen (secondary N) is 1. The van der Waals surface area contributed by atoms with Gasteiger partial charge in [0.15, 0.2) is 0 Å². The summed E-state index contributed by atoms with van der Waals surface area (Å²) in [5, 5.41) is 2.92. The van der Waals surface area contributed by atoms with Crippen LogP contribution in [0.1, 0.15) is 12.8 Å². The van der Waals surface area contributed by atoms with Crippen molar-refractivity contribution < 1.29 is 26.4 Å². The van der Waals surface area contributed by atoms with Crippen molar-refractivity contribution in [1.29, 1.82) is 0 Å². The normalized spacial score (nSPS) is 14.3. The molecule has 1 aliphatic heterocycles.